The molecule has 0 bridgehead atoms. The Morgan fingerprint density at radius 3 is 2.67 bits per heavy atom. The van der Waals surface area contributed by atoms with E-state index in [2.05, 4.69) is 25.7 Å². The molecule has 0 aromatic rings. The van der Waals surface area contributed by atoms with Crippen molar-refractivity contribution in [3.05, 3.63) is 0 Å². The molecule has 90 valence electrons. The molecule has 3 atom stereocenters. The molecular formula is C13H28N2. The Balaban J connectivity index is 2.23. The number of nitrogens with two attached hydrogens (primary N) is 1. The van der Waals surface area contributed by atoms with Crippen LogP contribution in [0.5, 0.6) is 0 Å². The van der Waals surface area contributed by atoms with Crippen LogP contribution in [-0.4, -0.2) is 30.1 Å². The zero-order chi connectivity index (χ0) is 11.3. The van der Waals surface area contributed by atoms with Gasteiger partial charge in [0.25, 0.3) is 0 Å². The Bertz CT molecular complexity index is 170. The molecule has 1 saturated heterocycles. The highest BCUT2D eigenvalue weighted by Crippen LogP contribution is 2.21. The van der Waals surface area contributed by atoms with Crippen LogP contribution in [-0.2, 0) is 0 Å². The summed E-state index contributed by atoms with van der Waals surface area (Å²) < 4.78 is 0. The van der Waals surface area contributed by atoms with E-state index in [0.29, 0.717) is 6.04 Å². The van der Waals surface area contributed by atoms with Gasteiger partial charge in [-0.15, -0.1) is 0 Å². The standard InChI is InChI=1S/C13H28N2/c1-4-5-13(14)8-9-15-10-11(2)6-7-12(15)3/h11-13H,4-10,14H2,1-3H3. The van der Waals surface area contributed by atoms with E-state index in [0.717, 1.165) is 12.0 Å². The predicted octanol–water partition coefficient (Wildman–Crippen LogP) is 2.62. The van der Waals surface area contributed by atoms with E-state index in [4.69, 9.17) is 5.73 Å². The van der Waals surface area contributed by atoms with Gasteiger partial charge in [0.1, 0.15) is 0 Å². The van der Waals surface area contributed by atoms with Gasteiger partial charge < -0.3 is 10.6 Å². The molecule has 1 aliphatic heterocycles. The summed E-state index contributed by atoms with van der Waals surface area (Å²) in [5.41, 5.74) is 6.05. The van der Waals surface area contributed by atoms with Gasteiger partial charge in [0.05, 0.1) is 0 Å². The fourth-order valence-corrected chi connectivity index (χ4v) is 2.54. The largest absolute Gasteiger partial charge is 0.328 e. The molecule has 3 unspecified atom stereocenters. The van der Waals surface area contributed by atoms with Crippen molar-refractivity contribution in [2.45, 2.75) is 65.0 Å². The third-order valence-corrected chi connectivity index (χ3v) is 3.69. The van der Waals surface area contributed by atoms with Gasteiger partial charge in [0, 0.05) is 18.6 Å². The first-order valence-corrected chi connectivity index (χ1v) is 6.63. The van der Waals surface area contributed by atoms with Crippen LogP contribution >= 0.6 is 0 Å². The van der Waals surface area contributed by atoms with E-state index in [1.54, 1.807) is 0 Å². The number of rotatable bonds is 5. The van der Waals surface area contributed by atoms with Crippen LogP contribution in [0.4, 0.5) is 0 Å². The highest BCUT2D eigenvalue weighted by molar-refractivity contribution is 4.77. The topological polar surface area (TPSA) is 29.3 Å². The van der Waals surface area contributed by atoms with Crippen molar-refractivity contribution in [2.24, 2.45) is 11.7 Å². The maximum Gasteiger partial charge on any atom is 0.00671 e. The Morgan fingerprint density at radius 1 is 1.27 bits per heavy atom. The van der Waals surface area contributed by atoms with Crippen molar-refractivity contribution in [2.75, 3.05) is 13.1 Å². The molecule has 1 fully saturated rings. The summed E-state index contributed by atoms with van der Waals surface area (Å²) in [5.74, 6) is 0.878. The van der Waals surface area contributed by atoms with Crippen LogP contribution in [0.25, 0.3) is 0 Å². The molecular weight excluding hydrogens is 184 g/mol. The van der Waals surface area contributed by atoms with Gasteiger partial charge in [-0.2, -0.15) is 0 Å². The first-order chi connectivity index (χ1) is 7.13. The number of nitrogens with zero attached hydrogens (tertiary/aromatic N) is 1. The Morgan fingerprint density at radius 2 is 2.00 bits per heavy atom. The summed E-state index contributed by atoms with van der Waals surface area (Å²) in [5, 5.41) is 0. The van der Waals surface area contributed by atoms with Gasteiger partial charge in [-0.05, 0) is 45.1 Å². The van der Waals surface area contributed by atoms with Gasteiger partial charge >= 0.3 is 0 Å². The lowest BCUT2D eigenvalue weighted by atomic mass is 9.94. The van der Waals surface area contributed by atoms with Gasteiger partial charge in [-0.25, -0.2) is 0 Å². The van der Waals surface area contributed by atoms with Crippen LogP contribution in [0.3, 0.4) is 0 Å². The molecule has 2 N–H and O–H groups in total. The van der Waals surface area contributed by atoms with Gasteiger partial charge in [-0.3, -0.25) is 0 Å². The SMILES string of the molecule is CCCC(N)CCN1CC(C)CCC1C. The molecule has 0 spiro atoms. The molecule has 0 amide bonds. The van der Waals surface area contributed by atoms with Crippen molar-refractivity contribution in [1.82, 2.24) is 4.90 Å². The fraction of sp³-hybridized carbons (Fsp3) is 1.00. The van der Waals surface area contributed by atoms with Crippen LogP contribution in [0, 0.1) is 5.92 Å². The minimum absolute atomic E-state index is 0.416. The smallest absolute Gasteiger partial charge is 0.00671 e. The molecule has 0 aromatic carbocycles. The minimum Gasteiger partial charge on any atom is -0.328 e. The fourth-order valence-electron chi connectivity index (χ4n) is 2.54. The number of piperidine rings is 1. The van der Waals surface area contributed by atoms with Gasteiger partial charge in [-0.1, -0.05) is 20.3 Å². The monoisotopic (exact) mass is 212 g/mol. The van der Waals surface area contributed by atoms with E-state index in [1.807, 2.05) is 0 Å². The second-order valence-electron chi connectivity index (χ2n) is 5.36. The van der Waals surface area contributed by atoms with E-state index in [1.165, 1.54) is 45.2 Å². The van der Waals surface area contributed by atoms with Gasteiger partial charge in [0.15, 0.2) is 0 Å². The first kappa shape index (κ1) is 13.0. The number of likely N-dealkylation sites (tertiary alicyclic amines) is 1. The average molecular weight is 212 g/mol. The molecule has 2 nitrogen and oxygen atoms in total. The first-order valence-electron chi connectivity index (χ1n) is 6.63. The average Bonchev–Trinajstić information content (AvgIpc) is 2.20. The number of hydrogen-bond acceptors (Lipinski definition) is 2. The number of hydrogen-bond donors (Lipinski definition) is 1. The summed E-state index contributed by atoms with van der Waals surface area (Å²) >= 11 is 0. The van der Waals surface area contributed by atoms with E-state index >= 15 is 0 Å². The molecule has 15 heavy (non-hydrogen) atoms. The maximum atomic E-state index is 6.05. The van der Waals surface area contributed by atoms with Crippen molar-refractivity contribution < 1.29 is 0 Å². The second kappa shape index (κ2) is 6.49. The highest BCUT2D eigenvalue weighted by Gasteiger charge is 2.22. The summed E-state index contributed by atoms with van der Waals surface area (Å²) in [6.07, 6.45) is 6.33. The highest BCUT2D eigenvalue weighted by atomic mass is 15.2. The predicted molar refractivity (Wildman–Crippen MR) is 66.9 cm³/mol. The lowest BCUT2D eigenvalue weighted by molar-refractivity contribution is 0.120. The van der Waals surface area contributed by atoms with Crippen molar-refractivity contribution in [1.29, 1.82) is 0 Å². The van der Waals surface area contributed by atoms with Crippen LogP contribution in [0.1, 0.15) is 52.9 Å². The third-order valence-electron chi connectivity index (χ3n) is 3.69. The zero-order valence-electron chi connectivity index (χ0n) is 10.7. The molecule has 2 heteroatoms. The third kappa shape index (κ3) is 4.52. The van der Waals surface area contributed by atoms with E-state index in [9.17, 15) is 0 Å². The molecule has 1 rings (SSSR count). The lowest BCUT2D eigenvalue weighted by Crippen LogP contribution is -2.42. The molecule has 0 saturated carbocycles. The molecule has 0 aromatic heterocycles. The van der Waals surface area contributed by atoms with E-state index < -0.39 is 0 Å². The Hall–Kier alpha value is -0.0800. The van der Waals surface area contributed by atoms with Crippen molar-refractivity contribution >= 4 is 0 Å². The van der Waals surface area contributed by atoms with Crippen molar-refractivity contribution in [3.8, 4) is 0 Å². The van der Waals surface area contributed by atoms with Crippen LogP contribution in [0.2, 0.25) is 0 Å². The minimum atomic E-state index is 0.416. The normalized spacial score (nSPS) is 30.4. The molecule has 1 aliphatic rings. The van der Waals surface area contributed by atoms with Crippen LogP contribution in [0.15, 0.2) is 0 Å². The summed E-state index contributed by atoms with van der Waals surface area (Å²) in [7, 11) is 0. The maximum absolute atomic E-state index is 6.05. The lowest BCUT2D eigenvalue weighted by Gasteiger charge is -2.37. The van der Waals surface area contributed by atoms with Gasteiger partial charge in [0.2, 0.25) is 0 Å². The molecule has 1 heterocycles. The second-order valence-corrected chi connectivity index (χ2v) is 5.36. The summed E-state index contributed by atoms with van der Waals surface area (Å²) in [4.78, 5) is 2.63. The summed E-state index contributed by atoms with van der Waals surface area (Å²) in [6, 6.07) is 1.19. The quantitative estimate of drug-likeness (QED) is 0.759. The molecule has 0 radical (unpaired) electrons. The summed E-state index contributed by atoms with van der Waals surface area (Å²) in [6.45, 7) is 9.42. The van der Waals surface area contributed by atoms with Crippen molar-refractivity contribution in [3.63, 3.8) is 0 Å². The van der Waals surface area contributed by atoms with E-state index in [-0.39, 0.29) is 0 Å². The van der Waals surface area contributed by atoms with Crippen LogP contribution < -0.4 is 5.73 Å². The molecule has 0 aliphatic carbocycles. The Kier molecular flexibility index (Phi) is 5.62. The zero-order valence-corrected chi connectivity index (χ0v) is 10.7. The Labute approximate surface area is 95.2 Å².